The molecule has 3 saturated heterocycles. The van der Waals surface area contributed by atoms with Gasteiger partial charge in [0.05, 0.1) is 12.1 Å². The van der Waals surface area contributed by atoms with Gasteiger partial charge in [-0.25, -0.2) is 0 Å². The van der Waals surface area contributed by atoms with Gasteiger partial charge in [-0.3, -0.25) is 9.59 Å². The second-order valence-electron chi connectivity index (χ2n) is 11.6. The number of alkyl halides is 3. The molecule has 4 aliphatic rings. The van der Waals surface area contributed by atoms with E-state index in [1.807, 2.05) is 13.8 Å². The van der Waals surface area contributed by atoms with Gasteiger partial charge in [0.2, 0.25) is 5.91 Å². The number of carbonyl (C=O) groups is 2. The highest BCUT2D eigenvalue weighted by Crippen LogP contribution is 2.49. The van der Waals surface area contributed by atoms with Gasteiger partial charge in [-0.1, -0.05) is 25.4 Å². The minimum absolute atomic E-state index is 0.0488. The molecule has 4 fully saturated rings. The number of aromatic nitrogens is 2. The van der Waals surface area contributed by atoms with Crippen LogP contribution in [0.2, 0.25) is 0 Å². The molecule has 12 heteroatoms. The number of aliphatic hydroxyl groups excluding tert-OH is 1. The van der Waals surface area contributed by atoms with Crippen molar-refractivity contribution in [1.82, 2.24) is 25.3 Å². The van der Waals surface area contributed by atoms with Crippen molar-refractivity contribution in [1.29, 1.82) is 0 Å². The zero-order valence-corrected chi connectivity index (χ0v) is 20.0. The number of nitrogens with one attached hydrogen (secondary N) is 1. The summed E-state index contributed by atoms with van der Waals surface area (Å²) in [6, 6.07) is -0.607. The van der Waals surface area contributed by atoms with Crippen LogP contribution in [0.25, 0.3) is 0 Å². The van der Waals surface area contributed by atoms with Crippen molar-refractivity contribution in [2.75, 3.05) is 32.7 Å². The average Bonchev–Trinajstić information content (AvgIpc) is 3.25. The normalized spacial score (nSPS) is 29.4. The van der Waals surface area contributed by atoms with Crippen molar-refractivity contribution in [2.24, 2.45) is 10.8 Å². The van der Waals surface area contributed by atoms with Crippen molar-refractivity contribution >= 4 is 11.8 Å². The molecule has 2 amide bonds. The fourth-order valence-corrected chi connectivity index (χ4v) is 6.06. The number of hydrogen-bond acceptors (Lipinski definition) is 7. The van der Waals surface area contributed by atoms with Crippen LogP contribution in [0, 0.1) is 10.8 Å². The molecule has 0 unspecified atom stereocenters. The lowest BCUT2D eigenvalue weighted by molar-refractivity contribution is -0.206. The first-order valence-corrected chi connectivity index (χ1v) is 12.3. The van der Waals surface area contributed by atoms with Gasteiger partial charge >= 0.3 is 18.0 Å². The highest BCUT2D eigenvalue weighted by molar-refractivity contribution is 5.90. The third kappa shape index (κ3) is 4.02. The van der Waals surface area contributed by atoms with E-state index in [0.717, 1.165) is 19.3 Å². The van der Waals surface area contributed by atoms with Crippen LogP contribution < -0.4 is 5.32 Å². The van der Waals surface area contributed by atoms with E-state index in [9.17, 15) is 27.9 Å². The molecule has 5 rings (SSSR count). The molecule has 2 atom stereocenters. The van der Waals surface area contributed by atoms with Crippen LogP contribution in [-0.2, 0) is 10.2 Å². The molecule has 0 radical (unpaired) electrons. The lowest BCUT2D eigenvalue weighted by Crippen LogP contribution is -2.62. The van der Waals surface area contributed by atoms with Gasteiger partial charge in [0.25, 0.3) is 0 Å². The standard InChI is InChI=1S/C23H32F3N5O4/c1-20(2)12-31(13-20)18(34)16-28-19(29-35-16)22(23(24,25)26)6-8-30(9-7-22)17(33)14-10-15(32)21(11-27-14)4-3-5-21/h14-15,27,32H,3-13H2,1-2H3/t14-,15+/m0/s1. The SMILES string of the molecule is CC1(C)CN(C(=O)c2nc(C3(C(F)(F)F)CCN(C(=O)[C@@H]4C[C@@H](O)C5(CCC5)CN4)CC3)no2)C1. The van der Waals surface area contributed by atoms with Crippen LogP contribution in [0.4, 0.5) is 13.2 Å². The summed E-state index contributed by atoms with van der Waals surface area (Å²) < 4.78 is 48.0. The quantitative estimate of drug-likeness (QED) is 0.653. The largest absolute Gasteiger partial charge is 0.401 e. The number of rotatable bonds is 3. The van der Waals surface area contributed by atoms with Crippen molar-refractivity contribution in [3.8, 4) is 0 Å². The predicted molar refractivity (Wildman–Crippen MR) is 116 cm³/mol. The molecule has 3 aliphatic heterocycles. The van der Waals surface area contributed by atoms with E-state index in [1.54, 1.807) is 0 Å². The van der Waals surface area contributed by atoms with E-state index in [2.05, 4.69) is 15.5 Å². The van der Waals surface area contributed by atoms with Crippen molar-refractivity contribution in [3.05, 3.63) is 11.7 Å². The van der Waals surface area contributed by atoms with E-state index in [4.69, 9.17) is 4.52 Å². The first-order valence-electron chi connectivity index (χ1n) is 12.3. The molecule has 0 aromatic carbocycles. The predicted octanol–water partition coefficient (Wildman–Crippen LogP) is 1.87. The molecule has 35 heavy (non-hydrogen) atoms. The highest BCUT2D eigenvalue weighted by Gasteiger charge is 2.60. The summed E-state index contributed by atoms with van der Waals surface area (Å²) in [5.74, 6) is -1.86. The van der Waals surface area contributed by atoms with Crippen molar-refractivity contribution in [2.45, 2.75) is 76.1 Å². The zero-order valence-electron chi connectivity index (χ0n) is 20.0. The lowest BCUT2D eigenvalue weighted by atomic mass is 9.62. The monoisotopic (exact) mass is 499 g/mol. The summed E-state index contributed by atoms with van der Waals surface area (Å²) in [5.41, 5.74) is -2.61. The van der Waals surface area contributed by atoms with Gasteiger partial charge in [-0.2, -0.15) is 18.2 Å². The number of likely N-dealkylation sites (tertiary alicyclic amines) is 2. The maximum Gasteiger partial charge on any atom is 0.401 e. The molecule has 4 heterocycles. The van der Waals surface area contributed by atoms with Crippen LogP contribution in [0.15, 0.2) is 4.52 Å². The molecule has 1 aromatic heterocycles. The summed E-state index contributed by atoms with van der Waals surface area (Å²) in [6.07, 6.45) is -2.95. The molecule has 1 spiro atoms. The van der Waals surface area contributed by atoms with E-state index in [1.165, 1.54) is 9.80 Å². The van der Waals surface area contributed by atoms with E-state index >= 15 is 0 Å². The molecule has 1 aliphatic carbocycles. The Kier molecular flexibility index (Phi) is 5.70. The Balaban J connectivity index is 1.26. The first kappa shape index (κ1) is 24.5. The molecule has 9 nitrogen and oxygen atoms in total. The Bertz CT molecular complexity index is 990. The summed E-state index contributed by atoms with van der Waals surface area (Å²) in [6.45, 7) is 5.19. The zero-order chi connectivity index (χ0) is 25.2. The Labute approximate surface area is 201 Å². The minimum Gasteiger partial charge on any atom is -0.392 e. The molecular formula is C23H32F3N5O4. The summed E-state index contributed by atoms with van der Waals surface area (Å²) in [7, 11) is 0. The smallest absolute Gasteiger partial charge is 0.392 e. The van der Waals surface area contributed by atoms with Crippen LogP contribution in [0.5, 0.6) is 0 Å². The first-order chi connectivity index (χ1) is 16.4. The second kappa shape index (κ2) is 8.16. The van der Waals surface area contributed by atoms with Gasteiger partial charge in [0.1, 0.15) is 5.41 Å². The van der Waals surface area contributed by atoms with Gasteiger partial charge in [0.15, 0.2) is 5.82 Å². The minimum atomic E-state index is -4.68. The van der Waals surface area contributed by atoms with E-state index in [-0.39, 0.29) is 36.2 Å². The Hall–Kier alpha value is -2.21. The number of piperidine rings is 2. The lowest BCUT2D eigenvalue weighted by Gasteiger charge is -2.51. The molecular weight excluding hydrogens is 467 g/mol. The molecule has 1 aromatic rings. The third-order valence-corrected chi connectivity index (χ3v) is 8.55. The van der Waals surface area contributed by atoms with Crippen molar-refractivity contribution < 1.29 is 32.4 Å². The van der Waals surface area contributed by atoms with Gasteiger partial charge in [-0.05, 0) is 37.5 Å². The Morgan fingerprint density at radius 3 is 2.29 bits per heavy atom. The fourth-order valence-electron chi connectivity index (χ4n) is 6.06. The number of aliphatic hydroxyl groups is 1. The van der Waals surface area contributed by atoms with Gasteiger partial charge < -0.3 is 24.7 Å². The Morgan fingerprint density at radius 1 is 1.11 bits per heavy atom. The number of halogens is 3. The fraction of sp³-hybridized carbons (Fsp3) is 0.826. The van der Waals surface area contributed by atoms with Crippen LogP contribution in [0.1, 0.15) is 68.9 Å². The van der Waals surface area contributed by atoms with E-state index < -0.39 is 54.2 Å². The highest BCUT2D eigenvalue weighted by atomic mass is 19.4. The van der Waals surface area contributed by atoms with Crippen LogP contribution >= 0.6 is 0 Å². The number of hydrogen-bond donors (Lipinski definition) is 2. The third-order valence-electron chi connectivity index (χ3n) is 8.55. The van der Waals surface area contributed by atoms with Gasteiger partial charge in [0, 0.05) is 38.1 Å². The number of carbonyl (C=O) groups excluding carboxylic acids is 2. The van der Waals surface area contributed by atoms with Crippen LogP contribution in [0.3, 0.4) is 0 Å². The molecule has 1 saturated carbocycles. The second-order valence-corrected chi connectivity index (χ2v) is 11.6. The number of nitrogens with zero attached hydrogens (tertiary/aromatic N) is 4. The van der Waals surface area contributed by atoms with E-state index in [0.29, 0.717) is 19.6 Å². The van der Waals surface area contributed by atoms with Crippen molar-refractivity contribution in [3.63, 3.8) is 0 Å². The van der Waals surface area contributed by atoms with Gasteiger partial charge in [-0.15, -0.1) is 0 Å². The topological polar surface area (TPSA) is 112 Å². The maximum absolute atomic E-state index is 14.3. The number of amides is 2. The molecule has 194 valence electrons. The molecule has 0 bridgehead atoms. The molecule has 2 N–H and O–H groups in total. The maximum atomic E-state index is 14.3. The Morgan fingerprint density at radius 2 is 1.77 bits per heavy atom. The average molecular weight is 500 g/mol. The summed E-state index contributed by atoms with van der Waals surface area (Å²) in [5, 5.41) is 17.3. The summed E-state index contributed by atoms with van der Waals surface area (Å²) >= 11 is 0. The summed E-state index contributed by atoms with van der Waals surface area (Å²) in [4.78, 5) is 32.4. The van der Waals surface area contributed by atoms with Crippen LogP contribution in [-0.4, -0.2) is 87.9 Å².